The summed E-state index contributed by atoms with van der Waals surface area (Å²) in [4.78, 5) is 74.3. The molecule has 614 valence electrons. The van der Waals surface area contributed by atoms with Crippen molar-refractivity contribution in [3.8, 4) is 44.5 Å². The molecule has 12 aromatic rings. The summed E-state index contributed by atoms with van der Waals surface area (Å²) in [6.07, 6.45) is 16.3. The number of halogens is 5. The van der Waals surface area contributed by atoms with Crippen LogP contribution in [0.1, 0.15) is 180 Å². The summed E-state index contributed by atoms with van der Waals surface area (Å²) in [6.45, 7) is 14.5. The topological polar surface area (TPSA) is 133 Å². The van der Waals surface area contributed by atoms with Crippen LogP contribution in [0.3, 0.4) is 0 Å². The molecule has 4 heterocycles. The van der Waals surface area contributed by atoms with Gasteiger partial charge in [-0.3, -0.25) is 24.2 Å². The minimum atomic E-state index is -0.863. The minimum absolute atomic E-state index is 0.0807. The molecule has 8 aromatic carbocycles. The molecule has 0 amide bonds. The second kappa shape index (κ2) is 41.6. The van der Waals surface area contributed by atoms with Crippen LogP contribution in [0.15, 0.2) is 249 Å². The van der Waals surface area contributed by atoms with Gasteiger partial charge in [0.15, 0.2) is 23.1 Å². The van der Waals surface area contributed by atoms with Gasteiger partial charge in [0.2, 0.25) is 17.8 Å². The maximum Gasteiger partial charge on any atom is 0.218 e. The number of rotatable bonds is 32. The van der Waals surface area contributed by atoms with Gasteiger partial charge >= 0.3 is 0 Å². The Morgan fingerprint density at radius 1 is 0.378 bits per heavy atom. The predicted molar refractivity (Wildman–Crippen MR) is 478 cm³/mol. The SMILES string of the molecule is CCC1(N(C)c2ccc(-c3ccc(C(=O)CCc4ccc(Cl)nc4)cc3)cc2)CC1.CCC1(N(C)c2ccc(-c3ccc(C(=O)CCc4ccc(F)nc4)cc3)cc2)CC1.CCCN(C)c1ccc(-c2ccc(C(=O)CCc3ccc(C)nc3C)cc2)cc1F.CCCN(C)c1ccc(-c2ccc(C(=O)CCc3ccc(F)nc3F)cc2)cc1. The van der Waals surface area contributed by atoms with E-state index in [0.29, 0.717) is 77.1 Å². The average molecular weight is 1620 g/mol. The van der Waals surface area contributed by atoms with Crippen molar-refractivity contribution in [1.29, 1.82) is 0 Å². The van der Waals surface area contributed by atoms with E-state index >= 15 is 0 Å². The van der Waals surface area contributed by atoms with Crippen molar-refractivity contribution in [1.82, 2.24) is 19.9 Å². The highest BCUT2D eigenvalue weighted by atomic mass is 35.5. The predicted octanol–water partition coefficient (Wildman–Crippen LogP) is 24.5. The molecule has 0 N–H and O–H groups in total. The van der Waals surface area contributed by atoms with E-state index in [-0.39, 0.29) is 47.4 Å². The third-order valence-corrected chi connectivity index (χ3v) is 23.4. The first-order valence-corrected chi connectivity index (χ1v) is 41.7. The number of benzene rings is 8. The van der Waals surface area contributed by atoms with Gasteiger partial charge in [-0.1, -0.05) is 197 Å². The number of Topliss-reactive ketones (excluding diaryl/α,β-unsaturated/α-hetero) is 4. The summed E-state index contributed by atoms with van der Waals surface area (Å²) in [6, 6.07) is 74.7. The molecule has 0 aliphatic heterocycles. The van der Waals surface area contributed by atoms with Crippen LogP contribution < -0.4 is 19.6 Å². The van der Waals surface area contributed by atoms with Gasteiger partial charge in [0, 0.05) is 147 Å². The molecule has 0 radical (unpaired) electrons. The van der Waals surface area contributed by atoms with E-state index in [4.69, 9.17) is 11.6 Å². The Kier molecular flexibility index (Phi) is 30.8. The highest BCUT2D eigenvalue weighted by Crippen LogP contribution is 2.47. The molecule has 2 aliphatic rings. The number of hydrogen-bond donors (Lipinski definition) is 0. The average Bonchev–Trinajstić information content (AvgIpc) is 1.63. The largest absolute Gasteiger partial charge is 0.375 e. The molecule has 0 bridgehead atoms. The van der Waals surface area contributed by atoms with Crippen LogP contribution in [0, 0.1) is 37.5 Å². The van der Waals surface area contributed by atoms with Crippen molar-refractivity contribution < 1.29 is 36.7 Å². The summed E-state index contributed by atoms with van der Waals surface area (Å²) < 4.78 is 53.9. The molecule has 14 rings (SSSR count). The molecular weight excluding hydrogens is 1510 g/mol. The number of aryl methyl sites for hydroxylation is 6. The number of nitrogens with zero attached hydrogens (tertiary/aromatic N) is 8. The molecule has 2 saturated carbocycles. The first-order valence-electron chi connectivity index (χ1n) is 41.4. The zero-order valence-electron chi connectivity index (χ0n) is 70.0. The number of hydrogen-bond acceptors (Lipinski definition) is 12. The van der Waals surface area contributed by atoms with E-state index in [1.54, 1.807) is 36.5 Å². The standard InChI is InChI=1S/C26H27ClN2O.C26H27FN2O.C26H29FN2O.C24H24F2N2O/c2*1-3-26(16-17-26)29(2)23-12-10-21(11-13-23)20-6-8-22(9-7-20)24(30)14-4-19-5-15-25(27)28-18-19;1-5-16-29(4)25-14-12-23(17-24(25)27)21-8-10-22(11-9-21)26(30)15-13-20-7-6-18(2)28-19(20)3;1-3-16-28(2)21-12-8-18(9-13-21)17-4-6-19(7-5-17)22(29)14-10-20-11-15-23(25)27-24(20)26/h2*5-13,15,18H,3-4,14,16-17H2,1-2H3;6-12,14,17H,5,13,15-16H2,1-4H3;4-9,11-13,15H,3,10,14,16H2,1-2H3. The molecule has 0 saturated heterocycles. The molecule has 0 atom stereocenters. The molecule has 2 aliphatic carbocycles. The first-order chi connectivity index (χ1) is 57.4. The summed E-state index contributed by atoms with van der Waals surface area (Å²) in [5, 5.41) is 0.470. The Labute approximate surface area is 704 Å². The van der Waals surface area contributed by atoms with E-state index in [0.717, 1.165) is 105 Å². The Bertz CT molecular complexity index is 5190. The Morgan fingerprint density at radius 2 is 0.739 bits per heavy atom. The zero-order chi connectivity index (χ0) is 84.8. The summed E-state index contributed by atoms with van der Waals surface area (Å²) in [5.74, 6) is -2.22. The maximum absolute atomic E-state index is 14.5. The monoisotopic (exact) mass is 1620 g/mol. The minimum Gasteiger partial charge on any atom is -0.375 e. The van der Waals surface area contributed by atoms with E-state index < -0.39 is 17.8 Å². The van der Waals surface area contributed by atoms with Gasteiger partial charge < -0.3 is 19.6 Å². The quantitative estimate of drug-likeness (QED) is 0.0226. The molecular formula is C102H107ClF4N8O4. The van der Waals surface area contributed by atoms with Crippen molar-refractivity contribution in [2.45, 2.75) is 155 Å². The van der Waals surface area contributed by atoms with Gasteiger partial charge in [-0.2, -0.15) is 18.2 Å². The third kappa shape index (κ3) is 24.0. The van der Waals surface area contributed by atoms with Gasteiger partial charge in [-0.25, -0.2) is 14.4 Å². The lowest BCUT2D eigenvalue weighted by molar-refractivity contribution is 0.0974. The van der Waals surface area contributed by atoms with Gasteiger partial charge in [0.1, 0.15) is 11.0 Å². The lowest BCUT2D eigenvalue weighted by Crippen LogP contribution is -2.32. The summed E-state index contributed by atoms with van der Waals surface area (Å²) >= 11 is 5.81. The van der Waals surface area contributed by atoms with E-state index in [1.165, 1.54) is 79.5 Å². The molecule has 0 spiro atoms. The molecule has 12 nitrogen and oxygen atoms in total. The summed E-state index contributed by atoms with van der Waals surface area (Å²) in [5.41, 5.74) is 21.2. The number of aromatic nitrogens is 4. The fourth-order valence-electron chi connectivity index (χ4n) is 15.0. The molecule has 4 aromatic heterocycles. The summed E-state index contributed by atoms with van der Waals surface area (Å²) in [7, 11) is 8.36. The zero-order valence-corrected chi connectivity index (χ0v) is 70.8. The number of ketones is 4. The maximum atomic E-state index is 14.5. The lowest BCUT2D eigenvalue weighted by Gasteiger charge is -2.29. The lowest BCUT2D eigenvalue weighted by atomic mass is 9.98. The van der Waals surface area contributed by atoms with Crippen LogP contribution in [0.25, 0.3) is 44.5 Å². The van der Waals surface area contributed by atoms with Crippen molar-refractivity contribution in [3.05, 3.63) is 334 Å². The Balaban J connectivity index is 0.000000155. The molecule has 2 fully saturated rings. The van der Waals surface area contributed by atoms with Gasteiger partial charge in [-0.05, 0) is 231 Å². The fraction of sp³-hybridized carbons (Fsp3) is 0.294. The van der Waals surface area contributed by atoms with Gasteiger partial charge in [0.25, 0.3) is 0 Å². The number of anilines is 4. The van der Waals surface area contributed by atoms with Crippen molar-refractivity contribution in [2.24, 2.45) is 0 Å². The second-order valence-corrected chi connectivity index (χ2v) is 31.6. The number of pyridine rings is 4. The van der Waals surface area contributed by atoms with Crippen LogP contribution in [0.4, 0.5) is 40.3 Å². The van der Waals surface area contributed by atoms with Crippen LogP contribution in [0.5, 0.6) is 0 Å². The Hall–Kier alpha value is -11.8. The van der Waals surface area contributed by atoms with Crippen molar-refractivity contribution >= 4 is 57.5 Å². The smallest absolute Gasteiger partial charge is 0.218 e. The number of carbonyl (C=O) groups excluding carboxylic acids is 4. The van der Waals surface area contributed by atoms with E-state index in [1.807, 2.05) is 141 Å². The molecule has 119 heavy (non-hydrogen) atoms. The molecule has 0 unspecified atom stereocenters. The van der Waals surface area contributed by atoms with E-state index in [9.17, 15) is 36.7 Å². The van der Waals surface area contributed by atoms with Crippen molar-refractivity contribution in [2.75, 3.05) is 60.9 Å². The van der Waals surface area contributed by atoms with Crippen molar-refractivity contribution in [3.63, 3.8) is 0 Å². The second-order valence-electron chi connectivity index (χ2n) is 31.2. The van der Waals surface area contributed by atoms with Crippen LogP contribution in [0.2, 0.25) is 5.15 Å². The highest BCUT2D eigenvalue weighted by molar-refractivity contribution is 6.29. The first kappa shape index (κ1) is 88.1. The highest BCUT2D eigenvalue weighted by Gasteiger charge is 2.45. The molecule has 17 heteroatoms. The van der Waals surface area contributed by atoms with Crippen LogP contribution >= 0.6 is 11.6 Å². The van der Waals surface area contributed by atoms with Gasteiger partial charge in [0.05, 0.1) is 5.69 Å². The fourth-order valence-corrected chi connectivity index (χ4v) is 15.1. The van der Waals surface area contributed by atoms with Crippen LogP contribution in [-0.4, -0.2) is 95.4 Å². The van der Waals surface area contributed by atoms with Crippen LogP contribution in [-0.2, 0) is 25.7 Å². The Morgan fingerprint density at radius 3 is 1.11 bits per heavy atom. The third-order valence-electron chi connectivity index (χ3n) is 23.2. The van der Waals surface area contributed by atoms with Gasteiger partial charge in [-0.15, -0.1) is 0 Å². The normalized spacial score (nSPS) is 12.6. The van der Waals surface area contributed by atoms with E-state index in [2.05, 4.69) is 156 Å². The number of carbonyl (C=O) groups is 4.